The number of nitrogens with one attached hydrogen (secondary N) is 2. The fourth-order valence-corrected chi connectivity index (χ4v) is 2.87. The molecule has 1 aromatic carbocycles. The Morgan fingerprint density at radius 1 is 1.13 bits per heavy atom. The zero-order chi connectivity index (χ0) is 15.6. The molecule has 0 aliphatic rings. The number of aromatic nitrogens is 4. The highest BCUT2D eigenvalue weighted by Gasteiger charge is 2.11. The van der Waals surface area contributed by atoms with E-state index >= 15 is 0 Å². The third kappa shape index (κ3) is 2.58. The molecule has 0 aliphatic heterocycles. The van der Waals surface area contributed by atoms with E-state index in [9.17, 15) is 4.79 Å². The van der Waals surface area contributed by atoms with E-state index in [1.54, 1.807) is 29.7 Å². The lowest BCUT2D eigenvalue weighted by molar-refractivity contribution is 0.112. The van der Waals surface area contributed by atoms with Gasteiger partial charge in [0.25, 0.3) is 0 Å². The molecular weight excluding hydrogens is 310 g/mol. The standard InChI is InChI=1S/C16H11N5OS/c22-8-10-1-3-12(4-2-10)18-16-14-13(7-17-21-14)19-15(20-16)11-5-6-23-9-11/h1-9H,(H,17,21)(H,18,19,20). The highest BCUT2D eigenvalue weighted by atomic mass is 32.1. The molecule has 0 bridgehead atoms. The molecule has 112 valence electrons. The fraction of sp³-hybridized carbons (Fsp3) is 0. The summed E-state index contributed by atoms with van der Waals surface area (Å²) in [5.74, 6) is 1.29. The van der Waals surface area contributed by atoms with Crippen molar-refractivity contribution in [3.05, 3.63) is 52.9 Å². The van der Waals surface area contributed by atoms with Gasteiger partial charge in [0.1, 0.15) is 17.3 Å². The number of hydrogen-bond acceptors (Lipinski definition) is 6. The predicted molar refractivity (Wildman–Crippen MR) is 90.1 cm³/mol. The van der Waals surface area contributed by atoms with Gasteiger partial charge in [0, 0.05) is 22.2 Å². The smallest absolute Gasteiger partial charge is 0.163 e. The van der Waals surface area contributed by atoms with Crippen LogP contribution >= 0.6 is 11.3 Å². The Morgan fingerprint density at radius 2 is 2.00 bits per heavy atom. The van der Waals surface area contributed by atoms with Gasteiger partial charge in [-0.1, -0.05) is 0 Å². The Balaban J connectivity index is 1.78. The van der Waals surface area contributed by atoms with Crippen molar-refractivity contribution in [2.24, 2.45) is 0 Å². The molecule has 4 aromatic rings. The van der Waals surface area contributed by atoms with Crippen LogP contribution in [-0.2, 0) is 0 Å². The summed E-state index contributed by atoms with van der Waals surface area (Å²) in [6.07, 6.45) is 2.49. The molecule has 0 aliphatic carbocycles. The lowest BCUT2D eigenvalue weighted by atomic mass is 10.2. The van der Waals surface area contributed by atoms with Crippen molar-refractivity contribution in [3.8, 4) is 11.4 Å². The molecule has 0 fully saturated rings. The first kappa shape index (κ1) is 13.6. The Bertz CT molecular complexity index is 960. The number of nitrogens with zero attached hydrogens (tertiary/aromatic N) is 3. The number of hydrogen-bond donors (Lipinski definition) is 2. The molecule has 2 N–H and O–H groups in total. The van der Waals surface area contributed by atoms with Gasteiger partial charge < -0.3 is 5.32 Å². The highest BCUT2D eigenvalue weighted by Crippen LogP contribution is 2.26. The van der Waals surface area contributed by atoms with Crippen LogP contribution in [0.3, 0.4) is 0 Å². The number of fused-ring (bicyclic) bond motifs is 1. The van der Waals surface area contributed by atoms with Crippen molar-refractivity contribution in [2.45, 2.75) is 0 Å². The molecule has 0 unspecified atom stereocenters. The quantitative estimate of drug-likeness (QED) is 0.561. The van der Waals surface area contributed by atoms with Crippen LogP contribution in [0.2, 0.25) is 0 Å². The van der Waals surface area contributed by atoms with E-state index in [1.165, 1.54) is 0 Å². The monoisotopic (exact) mass is 321 g/mol. The van der Waals surface area contributed by atoms with E-state index in [4.69, 9.17) is 0 Å². The maximum atomic E-state index is 10.7. The van der Waals surface area contributed by atoms with Crippen molar-refractivity contribution in [2.75, 3.05) is 5.32 Å². The van der Waals surface area contributed by atoms with E-state index in [0.717, 1.165) is 28.6 Å². The molecule has 3 heterocycles. The number of benzene rings is 1. The molecule has 0 radical (unpaired) electrons. The van der Waals surface area contributed by atoms with Crippen LogP contribution < -0.4 is 5.32 Å². The van der Waals surface area contributed by atoms with Gasteiger partial charge in [-0.25, -0.2) is 9.97 Å². The molecule has 0 saturated carbocycles. The molecule has 0 spiro atoms. The fourth-order valence-electron chi connectivity index (χ4n) is 2.23. The van der Waals surface area contributed by atoms with Crippen molar-refractivity contribution >= 4 is 40.2 Å². The van der Waals surface area contributed by atoms with Crippen LogP contribution in [0.1, 0.15) is 10.4 Å². The molecule has 7 heteroatoms. The lowest BCUT2D eigenvalue weighted by Gasteiger charge is -2.08. The number of carbonyl (C=O) groups excluding carboxylic acids is 1. The molecular formula is C16H11N5OS. The van der Waals surface area contributed by atoms with Crippen molar-refractivity contribution in [3.63, 3.8) is 0 Å². The van der Waals surface area contributed by atoms with Gasteiger partial charge in [-0.15, -0.1) is 0 Å². The number of rotatable bonds is 4. The zero-order valence-electron chi connectivity index (χ0n) is 11.9. The van der Waals surface area contributed by atoms with Gasteiger partial charge in [0.2, 0.25) is 0 Å². The van der Waals surface area contributed by atoms with E-state index in [-0.39, 0.29) is 0 Å². The first-order valence-corrected chi connectivity index (χ1v) is 7.84. The second kappa shape index (κ2) is 5.62. The van der Waals surface area contributed by atoms with E-state index in [0.29, 0.717) is 17.2 Å². The Labute approximate surface area is 135 Å². The van der Waals surface area contributed by atoms with Gasteiger partial charge in [-0.05, 0) is 35.7 Å². The van der Waals surface area contributed by atoms with Gasteiger partial charge in [0.15, 0.2) is 11.6 Å². The van der Waals surface area contributed by atoms with Crippen LogP contribution in [0.15, 0.2) is 47.3 Å². The van der Waals surface area contributed by atoms with Crippen LogP contribution in [0.4, 0.5) is 11.5 Å². The number of anilines is 2. The summed E-state index contributed by atoms with van der Waals surface area (Å²) < 4.78 is 0. The van der Waals surface area contributed by atoms with Crippen LogP contribution in [0.25, 0.3) is 22.4 Å². The Kier molecular flexibility index (Phi) is 3.32. The van der Waals surface area contributed by atoms with Crippen molar-refractivity contribution in [1.82, 2.24) is 20.2 Å². The van der Waals surface area contributed by atoms with Gasteiger partial charge >= 0.3 is 0 Å². The summed E-state index contributed by atoms with van der Waals surface area (Å²) in [4.78, 5) is 19.9. The largest absolute Gasteiger partial charge is 0.338 e. The van der Waals surface area contributed by atoms with Crippen molar-refractivity contribution in [1.29, 1.82) is 0 Å². The third-order valence-electron chi connectivity index (χ3n) is 3.39. The summed E-state index contributed by atoms with van der Waals surface area (Å²) in [5, 5.41) is 14.2. The number of H-pyrrole nitrogens is 1. The number of aldehydes is 1. The van der Waals surface area contributed by atoms with Gasteiger partial charge in [-0.2, -0.15) is 16.4 Å². The molecule has 0 amide bonds. The Morgan fingerprint density at radius 3 is 2.74 bits per heavy atom. The SMILES string of the molecule is O=Cc1ccc(Nc2nc(-c3ccsc3)nc3cn[nH]c23)cc1. The summed E-state index contributed by atoms with van der Waals surface area (Å²) in [7, 11) is 0. The van der Waals surface area contributed by atoms with E-state index in [2.05, 4.69) is 25.5 Å². The van der Waals surface area contributed by atoms with Crippen LogP contribution in [0, 0.1) is 0 Å². The summed E-state index contributed by atoms with van der Waals surface area (Å²) >= 11 is 1.60. The average molecular weight is 321 g/mol. The van der Waals surface area contributed by atoms with Crippen LogP contribution in [-0.4, -0.2) is 26.5 Å². The lowest BCUT2D eigenvalue weighted by Crippen LogP contribution is -1.98. The minimum atomic E-state index is 0.629. The summed E-state index contributed by atoms with van der Waals surface area (Å²) in [6, 6.07) is 9.14. The number of aromatic amines is 1. The maximum Gasteiger partial charge on any atom is 0.163 e. The minimum Gasteiger partial charge on any atom is -0.338 e. The predicted octanol–water partition coefficient (Wildman–Crippen LogP) is 3.64. The van der Waals surface area contributed by atoms with Crippen LogP contribution in [0.5, 0.6) is 0 Å². The second-order valence-corrected chi connectivity index (χ2v) is 5.68. The maximum absolute atomic E-state index is 10.7. The third-order valence-corrected chi connectivity index (χ3v) is 4.07. The molecule has 6 nitrogen and oxygen atoms in total. The van der Waals surface area contributed by atoms with E-state index in [1.807, 2.05) is 29.0 Å². The second-order valence-electron chi connectivity index (χ2n) is 4.90. The van der Waals surface area contributed by atoms with Gasteiger partial charge in [-0.3, -0.25) is 9.89 Å². The highest BCUT2D eigenvalue weighted by molar-refractivity contribution is 7.08. The minimum absolute atomic E-state index is 0.629. The average Bonchev–Trinajstić information content (AvgIpc) is 3.27. The summed E-state index contributed by atoms with van der Waals surface area (Å²) in [6.45, 7) is 0. The first-order chi connectivity index (χ1) is 11.3. The molecule has 0 atom stereocenters. The van der Waals surface area contributed by atoms with E-state index < -0.39 is 0 Å². The molecule has 0 saturated heterocycles. The molecule has 23 heavy (non-hydrogen) atoms. The first-order valence-electron chi connectivity index (χ1n) is 6.89. The topological polar surface area (TPSA) is 83.6 Å². The molecule has 3 aromatic heterocycles. The van der Waals surface area contributed by atoms with Gasteiger partial charge in [0.05, 0.1) is 6.20 Å². The normalized spacial score (nSPS) is 10.8. The Hall–Kier alpha value is -3.06. The summed E-state index contributed by atoms with van der Waals surface area (Å²) in [5.41, 5.74) is 3.92. The molecule has 4 rings (SSSR count). The zero-order valence-corrected chi connectivity index (χ0v) is 12.7. The number of carbonyl (C=O) groups is 1. The number of thiophene rings is 1. The van der Waals surface area contributed by atoms with Crippen molar-refractivity contribution < 1.29 is 4.79 Å².